The van der Waals surface area contributed by atoms with Crippen LogP contribution in [0.3, 0.4) is 0 Å². The van der Waals surface area contributed by atoms with E-state index < -0.39 is 0 Å². The summed E-state index contributed by atoms with van der Waals surface area (Å²) < 4.78 is 7.82. The number of rotatable bonds is 4. The summed E-state index contributed by atoms with van der Waals surface area (Å²) in [6, 6.07) is 0. The molecule has 13 heavy (non-hydrogen) atoms. The van der Waals surface area contributed by atoms with Gasteiger partial charge in [0.25, 0.3) is 0 Å². The Labute approximate surface area is 86.6 Å². The zero-order valence-electron chi connectivity index (χ0n) is 6.83. The molecular weight excluding hydrogens is 236 g/mol. The van der Waals surface area contributed by atoms with Crippen molar-refractivity contribution >= 4 is 15.9 Å². The van der Waals surface area contributed by atoms with E-state index >= 15 is 0 Å². The molecule has 0 aliphatic carbocycles. The van der Waals surface area contributed by atoms with Crippen molar-refractivity contribution in [3.8, 4) is 0 Å². The summed E-state index contributed by atoms with van der Waals surface area (Å²) in [6.45, 7) is 0.880. The maximum Gasteiger partial charge on any atom is 0.0897 e. The SMILES string of the molecule is C.Cn1ncc(Br)c1COCCO. The van der Waals surface area contributed by atoms with Gasteiger partial charge in [0.1, 0.15) is 0 Å². The molecule has 0 bridgehead atoms. The Bertz CT molecular complexity index is 231. The lowest BCUT2D eigenvalue weighted by Crippen LogP contribution is -2.04. The topological polar surface area (TPSA) is 47.3 Å². The highest BCUT2D eigenvalue weighted by molar-refractivity contribution is 9.10. The minimum Gasteiger partial charge on any atom is -0.394 e. The van der Waals surface area contributed by atoms with Crippen molar-refractivity contribution in [2.45, 2.75) is 14.0 Å². The fourth-order valence-electron chi connectivity index (χ4n) is 0.832. The lowest BCUT2D eigenvalue weighted by molar-refractivity contribution is 0.0776. The second kappa shape index (κ2) is 6.12. The summed E-state index contributed by atoms with van der Waals surface area (Å²) in [6.07, 6.45) is 1.72. The zero-order valence-corrected chi connectivity index (χ0v) is 8.41. The smallest absolute Gasteiger partial charge is 0.0897 e. The van der Waals surface area contributed by atoms with Gasteiger partial charge in [-0.05, 0) is 15.9 Å². The first-order valence-corrected chi connectivity index (χ1v) is 4.40. The molecule has 0 aliphatic rings. The molecule has 4 nitrogen and oxygen atoms in total. The highest BCUT2D eigenvalue weighted by Gasteiger charge is 2.04. The summed E-state index contributed by atoms with van der Waals surface area (Å²) in [5.74, 6) is 0. The largest absolute Gasteiger partial charge is 0.394 e. The van der Waals surface area contributed by atoms with Gasteiger partial charge in [-0.1, -0.05) is 7.43 Å². The number of halogens is 1. The van der Waals surface area contributed by atoms with E-state index in [-0.39, 0.29) is 14.0 Å². The Morgan fingerprint density at radius 2 is 2.38 bits per heavy atom. The van der Waals surface area contributed by atoms with Crippen LogP contribution in [0, 0.1) is 0 Å². The van der Waals surface area contributed by atoms with Crippen LogP contribution in [0.1, 0.15) is 13.1 Å². The molecule has 0 fully saturated rings. The van der Waals surface area contributed by atoms with E-state index in [4.69, 9.17) is 9.84 Å². The van der Waals surface area contributed by atoms with Crippen LogP contribution in [0.4, 0.5) is 0 Å². The maximum absolute atomic E-state index is 8.47. The van der Waals surface area contributed by atoms with Crippen molar-refractivity contribution in [3.63, 3.8) is 0 Å². The number of ether oxygens (including phenoxy) is 1. The molecule has 0 aromatic carbocycles. The number of hydrogen-bond donors (Lipinski definition) is 1. The molecule has 0 aliphatic heterocycles. The van der Waals surface area contributed by atoms with E-state index in [1.54, 1.807) is 10.9 Å². The van der Waals surface area contributed by atoms with Gasteiger partial charge in [0.15, 0.2) is 0 Å². The third-order valence-corrected chi connectivity index (χ3v) is 2.15. The van der Waals surface area contributed by atoms with Crippen molar-refractivity contribution in [1.29, 1.82) is 0 Å². The fourth-order valence-corrected chi connectivity index (χ4v) is 1.29. The van der Waals surface area contributed by atoms with Crippen molar-refractivity contribution in [1.82, 2.24) is 9.78 Å². The van der Waals surface area contributed by atoms with E-state index in [1.807, 2.05) is 7.05 Å². The average molecular weight is 251 g/mol. The molecule has 76 valence electrons. The number of aliphatic hydroxyl groups is 1. The maximum atomic E-state index is 8.47. The van der Waals surface area contributed by atoms with Gasteiger partial charge in [-0.25, -0.2) is 0 Å². The minimum atomic E-state index is 0. The summed E-state index contributed by atoms with van der Waals surface area (Å²) in [5.41, 5.74) is 0.975. The number of nitrogens with zero attached hydrogens (tertiary/aromatic N) is 2. The lowest BCUT2D eigenvalue weighted by atomic mass is 10.4. The van der Waals surface area contributed by atoms with E-state index in [2.05, 4.69) is 21.0 Å². The fraction of sp³-hybridized carbons (Fsp3) is 0.625. The Morgan fingerprint density at radius 1 is 1.69 bits per heavy atom. The molecule has 0 atom stereocenters. The van der Waals surface area contributed by atoms with Gasteiger partial charge >= 0.3 is 0 Å². The van der Waals surface area contributed by atoms with Crippen molar-refractivity contribution in [2.24, 2.45) is 7.05 Å². The first kappa shape index (κ1) is 12.6. The minimum absolute atomic E-state index is 0. The first-order valence-electron chi connectivity index (χ1n) is 3.60. The van der Waals surface area contributed by atoms with Gasteiger partial charge in [-0.2, -0.15) is 5.10 Å². The van der Waals surface area contributed by atoms with Gasteiger partial charge in [0.2, 0.25) is 0 Å². The number of aryl methyl sites for hydroxylation is 1. The molecular formula is C8H15BrN2O2. The average Bonchev–Trinajstić information content (AvgIpc) is 2.35. The Balaban J connectivity index is 0.00000144. The monoisotopic (exact) mass is 250 g/mol. The zero-order chi connectivity index (χ0) is 8.97. The van der Waals surface area contributed by atoms with Crippen molar-refractivity contribution in [3.05, 3.63) is 16.4 Å². The second-order valence-electron chi connectivity index (χ2n) is 2.34. The van der Waals surface area contributed by atoms with E-state index in [0.717, 1.165) is 10.2 Å². The van der Waals surface area contributed by atoms with Crippen LogP contribution < -0.4 is 0 Å². The van der Waals surface area contributed by atoms with Gasteiger partial charge in [0, 0.05) is 7.05 Å². The molecule has 0 amide bonds. The Kier molecular flexibility index (Phi) is 5.94. The third-order valence-electron chi connectivity index (χ3n) is 1.49. The van der Waals surface area contributed by atoms with E-state index in [9.17, 15) is 0 Å². The van der Waals surface area contributed by atoms with Crippen LogP contribution in [0.25, 0.3) is 0 Å². The predicted octanol–water partition coefficient (Wildman–Crippen LogP) is 1.33. The summed E-state index contributed by atoms with van der Waals surface area (Å²) in [4.78, 5) is 0. The highest BCUT2D eigenvalue weighted by Crippen LogP contribution is 2.15. The molecule has 5 heteroatoms. The number of hydrogen-bond acceptors (Lipinski definition) is 3. The molecule has 1 aromatic heterocycles. The molecule has 1 N–H and O–H groups in total. The standard InChI is InChI=1S/C7H11BrN2O2.CH4/c1-10-7(5-12-3-2-11)6(8)4-9-10;/h4,11H,2-3,5H2,1H3;1H4. The van der Waals surface area contributed by atoms with Gasteiger partial charge in [0.05, 0.1) is 36.2 Å². The van der Waals surface area contributed by atoms with Gasteiger partial charge < -0.3 is 9.84 Å². The van der Waals surface area contributed by atoms with Crippen LogP contribution in [0.5, 0.6) is 0 Å². The van der Waals surface area contributed by atoms with Crippen LogP contribution in [0.15, 0.2) is 10.7 Å². The quantitative estimate of drug-likeness (QED) is 0.821. The van der Waals surface area contributed by atoms with E-state index in [1.165, 1.54) is 0 Å². The molecule has 1 aromatic rings. The molecule has 0 spiro atoms. The summed E-state index contributed by atoms with van der Waals surface area (Å²) >= 11 is 3.34. The highest BCUT2D eigenvalue weighted by atomic mass is 79.9. The molecule has 1 rings (SSSR count). The van der Waals surface area contributed by atoms with Gasteiger partial charge in [-0.15, -0.1) is 0 Å². The predicted molar refractivity (Wildman–Crippen MR) is 54.4 cm³/mol. The third kappa shape index (κ3) is 3.46. The first-order chi connectivity index (χ1) is 5.75. The molecule has 1 heterocycles. The molecule has 0 saturated heterocycles. The van der Waals surface area contributed by atoms with Crippen LogP contribution in [-0.2, 0) is 18.4 Å². The van der Waals surface area contributed by atoms with Crippen LogP contribution in [-0.4, -0.2) is 28.1 Å². The van der Waals surface area contributed by atoms with Crippen LogP contribution >= 0.6 is 15.9 Å². The number of aliphatic hydroxyl groups excluding tert-OH is 1. The van der Waals surface area contributed by atoms with Crippen LogP contribution in [0.2, 0.25) is 0 Å². The molecule has 0 saturated carbocycles. The Morgan fingerprint density at radius 3 is 2.85 bits per heavy atom. The Hall–Kier alpha value is -0.390. The summed E-state index contributed by atoms with van der Waals surface area (Å²) in [7, 11) is 1.85. The molecule has 0 radical (unpaired) electrons. The van der Waals surface area contributed by atoms with Crippen molar-refractivity contribution < 1.29 is 9.84 Å². The second-order valence-corrected chi connectivity index (χ2v) is 3.19. The molecule has 0 unspecified atom stereocenters. The van der Waals surface area contributed by atoms with Crippen molar-refractivity contribution in [2.75, 3.05) is 13.2 Å². The van der Waals surface area contributed by atoms with Gasteiger partial charge in [-0.3, -0.25) is 4.68 Å². The normalized spacial score (nSPS) is 9.77. The number of aromatic nitrogens is 2. The van der Waals surface area contributed by atoms with E-state index in [0.29, 0.717) is 13.2 Å². The lowest BCUT2D eigenvalue weighted by Gasteiger charge is -2.02. The summed E-state index contributed by atoms with van der Waals surface area (Å²) in [5, 5.41) is 12.5.